The molecule has 3 aromatic carbocycles. The molecule has 0 saturated carbocycles. The van der Waals surface area contributed by atoms with Crippen LogP contribution in [0.4, 0.5) is 5.69 Å². The molecule has 7 heteroatoms. The molecule has 3 aromatic rings. The quantitative estimate of drug-likeness (QED) is 0.440. The first-order valence-electron chi connectivity index (χ1n) is 9.82. The number of piperidine rings is 1. The van der Waals surface area contributed by atoms with Crippen molar-refractivity contribution in [2.45, 2.75) is 23.8 Å². The minimum Gasteiger partial charge on any atom is -0.348 e. The predicted molar refractivity (Wildman–Crippen MR) is 126 cm³/mol. The van der Waals surface area contributed by atoms with Gasteiger partial charge in [-0.3, -0.25) is 9.59 Å². The second kappa shape index (κ2) is 7.66. The van der Waals surface area contributed by atoms with E-state index in [1.54, 1.807) is 18.2 Å². The summed E-state index contributed by atoms with van der Waals surface area (Å²) >= 11 is 16.2. The molecule has 4 nitrogen and oxygen atoms in total. The normalized spacial score (nSPS) is 24.6. The Morgan fingerprint density at radius 3 is 2.48 bits per heavy atom. The SMILES string of the molecule is O=C1C[C@@H](c2cccc(Cl)c2)[C@]2(C(=O)Nc3cc(Cl)ccc32)[C@@H](c2ccccc2Br)N1. The summed E-state index contributed by atoms with van der Waals surface area (Å²) in [5.41, 5.74) is 2.09. The Morgan fingerprint density at radius 2 is 1.71 bits per heavy atom. The zero-order chi connectivity index (χ0) is 21.8. The fourth-order valence-electron chi connectivity index (χ4n) is 4.98. The van der Waals surface area contributed by atoms with Crippen molar-refractivity contribution in [3.63, 3.8) is 0 Å². The Hall–Kier alpha value is -2.34. The van der Waals surface area contributed by atoms with Crippen LogP contribution in [0.1, 0.15) is 35.1 Å². The summed E-state index contributed by atoms with van der Waals surface area (Å²) in [6.07, 6.45) is 0.163. The number of amides is 2. The molecule has 3 atom stereocenters. The molecular weight excluding hydrogens is 499 g/mol. The smallest absolute Gasteiger partial charge is 0.238 e. The standard InChI is InChI=1S/C24H17BrCl2N2O2/c25-19-7-2-1-6-16(19)22-24(17-9-8-15(27)11-20(17)28-23(24)31)18(12-21(30)29-22)13-4-3-5-14(26)10-13/h1-11,18,22H,12H2,(H,28,31)(H,29,30)/t18-,22+,24-/m0/s1. The molecule has 2 heterocycles. The largest absolute Gasteiger partial charge is 0.348 e. The van der Waals surface area contributed by atoms with Crippen LogP contribution in [-0.2, 0) is 15.0 Å². The van der Waals surface area contributed by atoms with Crippen LogP contribution in [0.5, 0.6) is 0 Å². The lowest BCUT2D eigenvalue weighted by Gasteiger charge is -2.46. The third-order valence-corrected chi connectivity index (χ3v) is 7.41. The van der Waals surface area contributed by atoms with E-state index in [-0.39, 0.29) is 18.2 Å². The Bertz CT molecular complexity index is 1230. The molecule has 156 valence electrons. The van der Waals surface area contributed by atoms with Crippen LogP contribution in [-0.4, -0.2) is 11.8 Å². The van der Waals surface area contributed by atoms with Crippen molar-refractivity contribution in [2.24, 2.45) is 0 Å². The number of nitrogens with one attached hydrogen (secondary N) is 2. The van der Waals surface area contributed by atoms with Crippen LogP contribution in [0.3, 0.4) is 0 Å². The number of rotatable bonds is 2. The first-order valence-corrected chi connectivity index (χ1v) is 11.4. The molecule has 1 saturated heterocycles. The van der Waals surface area contributed by atoms with Gasteiger partial charge in [0.25, 0.3) is 0 Å². The molecule has 31 heavy (non-hydrogen) atoms. The summed E-state index contributed by atoms with van der Waals surface area (Å²) in [6.45, 7) is 0. The molecule has 0 radical (unpaired) electrons. The molecule has 0 aromatic heterocycles. The average Bonchev–Trinajstić information content (AvgIpc) is 3.01. The predicted octanol–water partition coefficient (Wildman–Crippen LogP) is 5.99. The third kappa shape index (κ3) is 3.18. The second-order valence-electron chi connectivity index (χ2n) is 7.85. The lowest BCUT2D eigenvalue weighted by atomic mass is 9.59. The van der Waals surface area contributed by atoms with Gasteiger partial charge in [0.15, 0.2) is 0 Å². The van der Waals surface area contributed by atoms with Crippen molar-refractivity contribution in [3.8, 4) is 0 Å². The molecule has 0 aliphatic carbocycles. The van der Waals surface area contributed by atoms with Gasteiger partial charge in [-0.2, -0.15) is 0 Å². The van der Waals surface area contributed by atoms with E-state index in [1.807, 2.05) is 48.5 Å². The first kappa shape index (κ1) is 20.6. The van der Waals surface area contributed by atoms with Gasteiger partial charge in [0, 0.05) is 32.5 Å². The molecule has 1 fully saturated rings. The molecule has 0 unspecified atom stereocenters. The van der Waals surface area contributed by atoms with E-state index in [0.29, 0.717) is 15.7 Å². The highest BCUT2D eigenvalue weighted by Crippen LogP contribution is 2.58. The number of benzene rings is 3. The number of anilines is 1. The van der Waals surface area contributed by atoms with Crippen molar-refractivity contribution in [2.75, 3.05) is 5.32 Å². The zero-order valence-corrected chi connectivity index (χ0v) is 19.3. The number of hydrogen-bond acceptors (Lipinski definition) is 2. The summed E-state index contributed by atoms with van der Waals surface area (Å²) in [6, 6.07) is 19.9. The van der Waals surface area contributed by atoms with Crippen LogP contribution in [0, 0.1) is 0 Å². The maximum absolute atomic E-state index is 13.8. The van der Waals surface area contributed by atoms with Gasteiger partial charge in [-0.25, -0.2) is 0 Å². The zero-order valence-electron chi connectivity index (χ0n) is 16.2. The topological polar surface area (TPSA) is 58.2 Å². The second-order valence-corrected chi connectivity index (χ2v) is 9.57. The van der Waals surface area contributed by atoms with Gasteiger partial charge >= 0.3 is 0 Å². The van der Waals surface area contributed by atoms with Gasteiger partial charge in [0.05, 0.1) is 6.04 Å². The maximum Gasteiger partial charge on any atom is 0.238 e. The molecule has 0 bridgehead atoms. The fraction of sp³-hybridized carbons (Fsp3) is 0.167. The lowest BCUT2D eigenvalue weighted by Crippen LogP contribution is -2.56. The highest BCUT2D eigenvalue weighted by Gasteiger charge is 2.61. The van der Waals surface area contributed by atoms with E-state index in [4.69, 9.17) is 23.2 Å². The van der Waals surface area contributed by atoms with E-state index in [2.05, 4.69) is 26.6 Å². The van der Waals surface area contributed by atoms with Gasteiger partial charge in [-0.05, 0) is 47.0 Å². The van der Waals surface area contributed by atoms with Crippen LogP contribution in [0.15, 0.2) is 71.2 Å². The third-order valence-electron chi connectivity index (χ3n) is 6.22. The molecule has 5 rings (SSSR count). The van der Waals surface area contributed by atoms with E-state index in [9.17, 15) is 9.59 Å². The summed E-state index contributed by atoms with van der Waals surface area (Å²) in [7, 11) is 0. The molecular formula is C24H17BrCl2N2O2. The lowest BCUT2D eigenvalue weighted by molar-refractivity contribution is -0.131. The number of carbonyl (C=O) groups is 2. The number of carbonyl (C=O) groups excluding carboxylic acids is 2. The Morgan fingerprint density at radius 1 is 0.935 bits per heavy atom. The monoisotopic (exact) mass is 514 g/mol. The summed E-state index contributed by atoms with van der Waals surface area (Å²) in [5, 5.41) is 7.23. The maximum atomic E-state index is 13.8. The molecule has 2 N–H and O–H groups in total. The average molecular weight is 516 g/mol. The number of halogens is 3. The summed E-state index contributed by atoms with van der Waals surface area (Å²) in [4.78, 5) is 26.8. The minimum absolute atomic E-state index is 0.119. The van der Waals surface area contributed by atoms with E-state index in [0.717, 1.165) is 21.2 Å². The van der Waals surface area contributed by atoms with Crippen molar-refractivity contribution in [3.05, 3.63) is 97.9 Å². The van der Waals surface area contributed by atoms with Gasteiger partial charge in [0.1, 0.15) is 5.41 Å². The highest BCUT2D eigenvalue weighted by atomic mass is 79.9. The fourth-order valence-corrected chi connectivity index (χ4v) is 5.86. The number of fused-ring (bicyclic) bond motifs is 2. The van der Waals surface area contributed by atoms with Crippen LogP contribution < -0.4 is 10.6 Å². The molecule has 2 aliphatic heterocycles. The van der Waals surface area contributed by atoms with Crippen LogP contribution in [0.2, 0.25) is 10.0 Å². The Balaban J connectivity index is 1.83. The highest BCUT2D eigenvalue weighted by molar-refractivity contribution is 9.10. The van der Waals surface area contributed by atoms with Crippen molar-refractivity contribution in [1.82, 2.24) is 5.32 Å². The van der Waals surface area contributed by atoms with Crippen molar-refractivity contribution in [1.29, 1.82) is 0 Å². The van der Waals surface area contributed by atoms with Gasteiger partial charge in [-0.1, -0.05) is 75.5 Å². The molecule has 1 spiro atoms. The van der Waals surface area contributed by atoms with Crippen LogP contribution >= 0.6 is 39.1 Å². The van der Waals surface area contributed by atoms with Gasteiger partial charge < -0.3 is 10.6 Å². The van der Waals surface area contributed by atoms with Crippen LogP contribution in [0.25, 0.3) is 0 Å². The molecule has 2 amide bonds. The Kier molecular flexibility index (Phi) is 5.08. The van der Waals surface area contributed by atoms with Crippen molar-refractivity contribution < 1.29 is 9.59 Å². The van der Waals surface area contributed by atoms with Gasteiger partial charge in [0.2, 0.25) is 11.8 Å². The van der Waals surface area contributed by atoms with E-state index < -0.39 is 17.4 Å². The molecule has 2 aliphatic rings. The Labute approximate surface area is 198 Å². The summed E-state index contributed by atoms with van der Waals surface area (Å²) in [5.74, 6) is -0.707. The van der Waals surface area contributed by atoms with Gasteiger partial charge in [-0.15, -0.1) is 0 Å². The van der Waals surface area contributed by atoms with Crippen molar-refractivity contribution >= 4 is 56.6 Å². The summed E-state index contributed by atoms with van der Waals surface area (Å²) < 4.78 is 0.821. The van der Waals surface area contributed by atoms with E-state index in [1.165, 1.54) is 0 Å². The number of hydrogen-bond donors (Lipinski definition) is 2. The first-order chi connectivity index (χ1) is 14.9. The van der Waals surface area contributed by atoms with E-state index >= 15 is 0 Å². The minimum atomic E-state index is -1.07.